The van der Waals surface area contributed by atoms with Crippen molar-refractivity contribution in [3.05, 3.63) is 32.6 Å². The van der Waals surface area contributed by atoms with Crippen LogP contribution in [0.2, 0.25) is 0 Å². The van der Waals surface area contributed by atoms with Crippen LogP contribution in [0, 0.1) is 5.92 Å². The van der Waals surface area contributed by atoms with Crippen molar-refractivity contribution in [2.24, 2.45) is 13.0 Å². The second-order valence-corrected chi connectivity index (χ2v) is 4.09. The molecule has 0 atom stereocenters. The van der Waals surface area contributed by atoms with Crippen molar-refractivity contribution in [3.63, 3.8) is 0 Å². The number of aromatic nitrogens is 2. The van der Waals surface area contributed by atoms with Gasteiger partial charge in [-0.25, -0.2) is 9.59 Å². The van der Waals surface area contributed by atoms with E-state index >= 15 is 0 Å². The highest BCUT2D eigenvalue weighted by molar-refractivity contribution is 5.86. The minimum absolute atomic E-state index is 0.359. The molecule has 6 heteroatoms. The largest absolute Gasteiger partial charge is 0.477 e. The Bertz CT molecular complexity index is 551. The summed E-state index contributed by atoms with van der Waals surface area (Å²) < 4.78 is 2.15. The van der Waals surface area contributed by atoms with Gasteiger partial charge < -0.3 is 5.11 Å². The highest BCUT2D eigenvalue weighted by Crippen LogP contribution is 2.29. The van der Waals surface area contributed by atoms with Crippen LogP contribution >= 0.6 is 0 Å². The molecule has 1 aliphatic carbocycles. The Kier molecular flexibility index (Phi) is 2.41. The van der Waals surface area contributed by atoms with Gasteiger partial charge in [-0.05, 0) is 18.8 Å². The predicted molar refractivity (Wildman–Crippen MR) is 55.6 cm³/mol. The number of hydrogen-bond acceptors (Lipinski definition) is 3. The first-order chi connectivity index (χ1) is 7.50. The molecule has 2 rings (SSSR count). The second-order valence-electron chi connectivity index (χ2n) is 4.09. The van der Waals surface area contributed by atoms with E-state index in [-0.39, 0.29) is 5.56 Å². The molecule has 1 N–H and O–H groups in total. The summed E-state index contributed by atoms with van der Waals surface area (Å²) in [5.41, 5.74) is -1.57. The third-order valence-corrected chi connectivity index (χ3v) is 2.73. The molecule has 0 aromatic carbocycles. The average molecular weight is 224 g/mol. The van der Waals surface area contributed by atoms with Crippen LogP contribution in [0.15, 0.2) is 15.8 Å². The van der Waals surface area contributed by atoms with Gasteiger partial charge in [0, 0.05) is 19.8 Å². The molecule has 1 fully saturated rings. The standard InChI is InChI=1S/C10H12N2O4/c1-11-8(13)7(9(14)15)5-12(10(11)16)4-6-2-3-6/h5-6H,2-4H2,1H3,(H,14,15). The first-order valence-electron chi connectivity index (χ1n) is 5.04. The Morgan fingerprint density at radius 3 is 2.62 bits per heavy atom. The van der Waals surface area contributed by atoms with E-state index < -0.39 is 17.2 Å². The van der Waals surface area contributed by atoms with Crippen molar-refractivity contribution in [3.8, 4) is 0 Å². The van der Waals surface area contributed by atoms with Gasteiger partial charge in [0.15, 0.2) is 0 Å². The minimum atomic E-state index is -1.30. The van der Waals surface area contributed by atoms with Crippen LogP contribution in [-0.4, -0.2) is 20.2 Å². The van der Waals surface area contributed by atoms with Crippen LogP contribution < -0.4 is 11.2 Å². The van der Waals surface area contributed by atoms with Gasteiger partial charge in [-0.1, -0.05) is 0 Å². The zero-order valence-corrected chi connectivity index (χ0v) is 8.84. The molecule has 0 amide bonds. The van der Waals surface area contributed by atoms with Crippen LogP contribution in [0.1, 0.15) is 23.2 Å². The molecule has 0 spiro atoms. The molecule has 86 valence electrons. The zero-order chi connectivity index (χ0) is 11.9. The molecular weight excluding hydrogens is 212 g/mol. The highest BCUT2D eigenvalue weighted by atomic mass is 16.4. The lowest BCUT2D eigenvalue weighted by atomic mass is 10.3. The lowest BCUT2D eigenvalue weighted by molar-refractivity contribution is 0.0692. The fourth-order valence-electron chi connectivity index (χ4n) is 1.58. The molecule has 0 radical (unpaired) electrons. The molecule has 1 heterocycles. The zero-order valence-electron chi connectivity index (χ0n) is 8.84. The lowest BCUT2D eigenvalue weighted by Gasteiger charge is -2.07. The summed E-state index contributed by atoms with van der Waals surface area (Å²) in [6.07, 6.45) is 3.25. The number of nitrogens with zero attached hydrogens (tertiary/aromatic N) is 2. The fraction of sp³-hybridized carbons (Fsp3) is 0.500. The topological polar surface area (TPSA) is 81.3 Å². The van der Waals surface area contributed by atoms with Gasteiger partial charge in [0.1, 0.15) is 5.56 Å². The Morgan fingerprint density at radius 1 is 1.50 bits per heavy atom. The minimum Gasteiger partial charge on any atom is -0.477 e. The summed E-state index contributed by atoms with van der Waals surface area (Å²) in [4.78, 5) is 33.9. The maximum absolute atomic E-state index is 11.7. The molecule has 1 aromatic rings. The van der Waals surface area contributed by atoms with Crippen molar-refractivity contribution in [2.75, 3.05) is 0 Å². The Labute approximate surface area is 90.8 Å². The average Bonchev–Trinajstić information content (AvgIpc) is 3.02. The SMILES string of the molecule is Cn1c(=O)c(C(=O)O)cn(CC2CC2)c1=O. The maximum atomic E-state index is 11.7. The number of carboxylic acid groups (broad SMARTS) is 1. The number of rotatable bonds is 3. The monoisotopic (exact) mass is 224 g/mol. The van der Waals surface area contributed by atoms with E-state index in [2.05, 4.69) is 0 Å². The van der Waals surface area contributed by atoms with Crippen LogP contribution in [0.25, 0.3) is 0 Å². The predicted octanol–water partition coefficient (Wildman–Crippen LogP) is -0.345. The second kappa shape index (κ2) is 3.62. The fourth-order valence-corrected chi connectivity index (χ4v) is 1.58. The van der Waals surface area contributed by atoms with Gasteiger partial charge in [0.2, 0.25) is 0 Å². The molecular formula is C10H12N2O4. The van der Waals surface area contributed by atoms with E-state index in [1.54, 1.807) is 0 Å². The quantitative estimate of drug-likeness (QED) is 0.761. The molecule has 0 aliphatic heterocycles. The first kappa shape index (κ1) is 10.7. The summed E-state index contributed by atoms with van der Waals surface area (Å²) >= 11 is 0. The molecule has 1 aliphatic rings. The van der Waals surface area contributed by atoms with Crippen molar-refractivity contribution in [1.29, 1.82) is 0 Å². The summed E-state index contributed by atoms with van der Waals surface area (Å²) in [5.74, 6) is -0.859. The van der Waals surface area contributed by atoms with Crippen LogP contribution in [0.3, 0.4) is 0 Å². The van der Waals surface area contributed by atoms with Crippen molar-refractivity contribution >= 4 is 5.97 Å². The first-order valence-corrected chi connectivity index (χ1v) is 5.04. The van der Waals surface area contributed by atoms with Gasteiger partial charge >= 0.3 is 11.7 Å². The number of hydrogen-bond donors (Lipinski definition) is 1. The van der Waals surface area contributed by atoms with E-state index in [0.717, 1.165) is 23.6 Å². The van der Waals surface area contributed by atoms with Gasteiger partial charge in [-0.2, -0.15) is 0 Å². The van der Waals surface area contributed by atoms with Gasteiger partial charge in [0.05, 0.1) is 0 Å². The highest BCUT2D eigenvalue weighted by Gasteiger charge is 2.23. The molecule has 1 aromatic heterocycles. The van der Waals surface area contributed by atoms with Gasteiger partial charge in [0.25, 0.3) is 5.56 Å². The number of carboxylic acids is 1. The summed E-state index contributed by atoms with van der Waals surface area (Å²) in [6.45, 7) is 0.493. The molecule has 6 nitrogen and oxygen atoms in total. The number of aromatic carboxylic acids is 1. The molecule has 0 unspecified atom stereocenters. The number of carbonyl (C=O) groups is 1. The third kappa shape index (κ3) is 1.78. The van der Waals surface area contributed by atoms with Crippen LogP contribution in [-0.2, 0) is 13.6 Å². The Hall–Kier alpha value is -1.85. The Balaban J connectivity index is 2.56. The summed E-state index contributed by atoms with van der Waals surface area (Å²) in [6, 6.07) is 0. The van der Waals surface area contributed by atoms with Crippen molar-refractivity contribution in [2.45, 2.75) is 19.4 Å². The Morgan fingerprint density at radius 2 is 2.12 bits per heavy atom. The van der Waals surface area contributed by atoms with E-state index in [1.165, 1.54) is 11.6 Å². The van der Waals surface area contributed by atoms with Crippen molar-refractivity contribution in [1.82, 2.24) is 9.13 Å². The third-order valence-electron chi connectivity index (χ3n) is 2.73. The smallest absolute Gasteiger partial charge is 0.342 e. The summed E-state index contributed by atoms with van der Waals surface area (Å²) in [5, 5.41) is 8.83. The van der Waals surface area contributed by atoms with E-state index in [4.69, 9.17) is 5.11 Å². The van der Waals surface area contributed by atoms with E-state index in [9.17, 15) is 14.4 Å². The van der Waals surface area contributed by atoms with Gasteiger partial charge in [-0.3, -0.25) is 13.9 Å². The molecule has 1 saturated carbocycles. The van der Waals surface area contributed by atoms with Crippen LogP contribution in [0.4, 0.5) is 0 Å². The summed E-state index contributed by atoms with van der Waals surface area (Å²) in [7, 11) is 1.29. The lowest BCUT2D eigenvalue weighted by Crippen LogP contribution is -2.40. The maximum Gasteiger partial charge on any atom is 0.342 e. The van der Waals surface area contributed by atoms with Gasteiger partial charge in [-0.15, -0.1) is 0 Å². The van der Waals surface area contributed by atoms with Crippen LogP contribution in [0.5, 0.6) is 0 Å². The van der Waals surface area contributed by atoms with E-state index in [0.29, 0.717) is 12.5 Å². The van der Waals surface area contributed by atoms with E-state index in [1.807, 2.05) is 0 Å². The normalized spacial score (nSPS) is 15.1. The molecule has 0 saturated heterocycles. The molecule has 16 heavy (non-hydrogen) atoms. The molecule has 0 bridgehead atoms. The van der Waals surface area contributed by atoms with Crippen molar-refractivity contribution < 1.29 is 9.90 Å².